The second-order valence-corrected chi connectivity index (χ2v) is 9.90. The lowest BCUT2D eigenvalue weighted by atomic mass is 9.92. The van der Waals surface area contributed by atoms with Crippen LogP contribution < -0.4 is 5.32 Å². The van der Waals surface area contributed by atoms with E-state index in [1.807, 2.05) is 39.0 Å². The summed E-state index contributed by atoms with van der Waals surface area (Å²) in [5.41, 5.74) is 3.81. The highest BCUT2D eigenvalue weighted by Gasteiger charge is 2.25. The summed E-state index contributed by atoms with van der Waals surface area (Å²) < 4.78 is 7.04. The number of amides is 2. The highest BCUT2D eigenvalue weighted by molar-refractivity contribution is 5.98. The Morgan fingerprint density at radius 3 is 2.48 bits per heavy atom. The molecule has 0 bridgehead atoms. The summed E-state index contributed by atoms with van der Waals surface area (Å²) in [6.07, 6.45) is 1.46. The molecule has 7 heteroatoms. The van der Waals surface area contributed by atoms with Gasteiger partial charge < -0.3 is 14.6 Å². The van der Waals surface area contributed by atoms with Crippen LogP contribution in [-0.4, -0.2) is 39.6 Å². The van der Waals surface area contributed by atoms with Gasteiger partial charge in [-0.2, -0.15) is 5.10 Å². The molecule has 0 spiro atoms. The van der Waals surface area contributed by atoms with E-state index in [2.05, 4.69) is 39.1 Å². The Hall–Kier alpha value is -3.35. The molecule has 1 aromatic carbocycles. The lowest BCUT2D eigenvalue weighted by molar-refractivity contribution is -0.117. The van der Waals surface area contributed by atoms with E-state index in [1.165, 1.54) is 11.2 Å². The average molecular weight is 451 g/mol. The SMILES string of the molecule is Cc1cccc(-n2nc(C(C)(C)C)cc2NC(=O)CN(CC(C)C)C(=O)c2ccco2)c1C. The van der Waals surface area contributed by atoms with Gasteiger partial charge in [0, 0.05) is 18.0 Å². The van der Waals surface area contributed by atoms with Crippen molar-refractivity contribution >= 4 is 17.6 Å². The predicted molar refractivity (Wildman–Crippen MR) is 130 cm³/mol. The molecule has 0 aliphatic carbocycles. The Morgan fingerprint density at radius 2 is 1.88 bits per heavy atom. The third-order valence-electron chi connectivity index (χ3n) is 5.49. The molecule has 0 aliphatic rings. The maximum Gasteiger partial charge on any atom is 0.290 e. The van der Waals surface area contributed by atoms with E-state index in [-0.39, 0.29) is 35.5 Å². The van der Waals surface area contributed by atoms with Gasteiger partial charge in [-0.15, -0.1) is 0 Å². The molecule has 0 radical (unpaired) electrons. The number of carbonyl (C=O) groups is 2. The van der Waals surface area contributed by atoms with Gasteiger partial charge in [0.2, 0.25) is 5.91 Å². The molecule has 0 aliphatic heterocycles. The summed E-state index contributed by atoms with van der Waals surface area (Å²) in [7, 11) is 0. The van der Waals surface area contributed by atoms with E-state index in [1.54, 1.807) is 16.8 Å². The predicted octanol–water partition coefficient (Wildman–Crippen LogP) is 5.12. The van der Waals surface area contributed by atoms with Crippen LogP contribution in [0.25, 0.3) is 5.69 Å². The van der Waals surface area contributed by atoms with Gasteiger partial charge in [-0.05, 0) is 49.1 Å². The largest absolute Gasteiger partial charge is 0.459 e. The van der Waals surface area contributed by atoms with Gasteiger partial charge >= 0.3 is 0 Å². The zero-order valence-corrected chi connectivity index (χ0v) is 20.6. The molecule has 7 nitrogen and oxygen atoms in total. The molecular weight excluding hydrogens is 416 g/mol. The van der Waals surface area contributed by atoms with Gasteiger partial charge in [-0.25, -0.2) is 4.68 Å². The second kappa shape index (κ2) is 9.65. The first-order valence-corrected chi connectivity index (χ1v) is 11.3. The number of furan rings is 1. The van der Waals surface area contributed by atoms with Crippen LogP contribution in [-0.2, 0) is 10.2 Å². The molecule has 0 unspecified atom stereocenters. The standard InChI is InChI=1S/C26H34N4O3/c1-17(2)15-29(25(32)21-12-9-13-33-21)16-24(31)27-23-14-22(26(5,6)7)28-30(23)20-11-8-10-18(3)19(20)4/h8-14,17H,15-16H2,1-7H3,(H,27,31). The van der Waals surface area contributed by atoms with Gasteiger partial charge in [0.1, 0.15) is 12.4 Å². The summed E-state index contributed by atoms with van der Waals surface area (Å²) in [5.74, 6) is 0.405. The van der Waals surface area contributed by atoms with E-state index in [9.17, 15) is 9.59 Å². The van der Waals surface area contributed by atoms with Crippen LogP contribution in [0.2, 0.25) is 0 Å². The minimum absolute atomic E-state index is 0.0828. The lowest BCUT2D eigenvalue weighted by Crippen LogP contribution is -2.40. The number of hydrogen-bond donors (Lipinski definition) is 1. The molecule has 1 N–H and O–H groups in total. The topological polar surface area (TPSA) is 80.4 Å². The fraction of sp³-hybridized carbons (Fsp3) is 0.423. The smallest absolute Gasteiger partial charge is 0.290 e. The fourth-order valence-corrected chi connectivity index (χ4v) is 3.56. The molecule has 0 saturated carbocycles. The zero-order valence-electron chi connectivity index (χ0n) is 20.6. The molecule has 3 aromatic rings. The Morgan fingerprint density at radius 1 is 1.15 bits per heavy atom. The van der Waals surface area contributed by atoms with Gasteiger partial charge in [0.25, 0.3) is 5.91 Å². The van der Waals surface area contributed by atoms with E-state index in [0.29, 0.717) is 12.4 Å². The van der Waals surface area contributed by atoms with Crippen molar-refractivity contribution in [3.8, 4) is 5.69 Å². The maximum absolute atomic E-state index is 13.1. The van der Waals surface area contributed by atoms with Gasteiger partial charge in [0.15, 0.2) is 5.76 Å². The third-order valence-corrected chi connectivity index (χ3v) is 5.49. The van der Waals surface area contributed by atoms with Crippen LogP contribution in [0, 0.1) is 19.8 Å². The molecule has 0 fully saturated rings. The minimum atomic E-state index is -0.303. The number of hydrogen-bond acceptors (Lipinski definition) is 4. The fourth-order valence-electron chi connectivity index (χ4n) is 3.56. The molecule has 2 aromatic heterocycles. The van der Waals surface area contributed by atoms with Crippen molar-refractivity contribution < 1.29 is 14.0 Å². The molecular formula is C26H34N4O3. The van der Waals surface area contributed by atoms with E-state index in [0.717, 1.165) is 22.5 Å². The van der Waals surface area contributed by atoms with Crippen LogP contribution in [0.5, 0.6) is 0 Å². The Labute approximate surface area is 195 Å². The number of aryl methyl sites for hydroxylation is 1. The van der Waals surface area contributed by atoms with Crippen molar-refractivity contribution in [3.05, 3.63) is 65.2 Å². The summed E-state index contributed by atoms with van der Waals surface area (Å²) in [4.78, 5) is 27.5. The summed E-state index contributed by atoms with van der Waals surface area (Å²) in [6.45, 7) is 14.7. The minimum Gasteiger partial charge on any atom is -0.459 e. The highest BCUT2D eigenvalue weighted by Crippen LogP contribution is 2.28. The summed E-state index contributed by atoms with van der Waals surface area (Å²) in [5, 5.41) is 7.81. The average Bonchev–Trinajstić information content (AvgIpc) is 3.39. The van der Waals surface area contributed by atoms with Gasteiger partial charge in [-0.3, -0.25) is 9.59 Å². The number of rotatable bonds is 7. The molecule has 176 valence electrons. The van der Waals surface area contributed by atoms with Crippen LogP contribution >= 0.6 is 0 Å². The number of carbonyl (C=O) groups excluding carboxylic acids is 2. The maximum atomic E-state index is 13.1. The van der Waals surface area contributed by atoms with Crippen LogP contribution in [0.1, 0.15) is 62.0 Å². The van der Waals surface area contributed by atoms with Crippen molar-refractivity contribution in [2.24, 2.45) is 5.92 Å². The molecule has 2 amide bonds. The van der Waals surface area contributed by atoms with Crippen molar-refractivity contribution in [2.75, 3.05) is 18.4 Å². The Bertz CT molecular complexity index is 1120. The van der Waals surface area contributed by atoms with Crippen molar-refractivity contribution in [2.45, 2.75) is 53.9 Å². The number of benzene rings is 1. The first-order valence-electron chi connectivity index (χ1n) is 11.3. The summed E-state index contributed by atoms with van der Waals surface area (Å²) >= 11 is 0. The van der Waals surface area contributed by atoms with Crippen molar-refractivity contribution in [1.82, 2.24) is 14.7 Å². The monoisotopic (exact) mass is 450 g/mol. The second-order valence-electron chi connectivity index (χ2n) is 9.90. The lowest BCUT2D eigenvalue weighted by Gasteiger charge is -2.23. The van der Waals surface area contributed by atoms with E-state index < -0.39 is 0 Å². The van der Waals surface area contributed by atoms with E-state index >= 15 is 0 Å². The summed E-state index contributed by atoms with van der Waals surface area (Å²) in [6, 6.07) is 11.2. The normalized spacial score (nSPS) is 11.6. The quantitative estimate of drug-likeness (QED) is 0.542. The number of nitrogens with zero attached hydrogens (tertiary/aromatic N) is 3. The first-order chi connectivity index (χ1) is 15.5. The van der Waals surface area contributed by atoms with Gasteiger partial charge in [0.05, 0.1) is 17.6 Å². The van der Waals surface area contributed by atoms with Crippen molar-refractivity contribution in [1.29, 1.82) is 0 Å². The van der Waals surface area contributed by atoms with Gasteiger partial charge in [-0.1, -0.05) is 46.8 Å². The van der Waals surface area contributed by atoms with Crippen molar-refractivity contribution in [3.63, 3.8) is 0 Å². The van der Waals surface area contributed by atoms with Crippen LogP contribution in [0.15, 0.2) is 47.1 Å². The van der Waals surface area contributed by atoms with Crippen LogP contribution in [0.3, 0.4) is 0 Å². The first kappa shape index (κ1) is 24.3. The highest BCUT2D eigenvalue weighted by atomic mass is 16.3. The zero-order chi connectivity index (χ0) is 24.3. The Kier molecular flexibility index (Phi) is 7.10. The third kappa shape index (κ3) is 5.72. The molecule has 0 saturated heterocycles. The molecule has 2 heterocycles. The number of anilines is 1. The number of aromatic nitrogens is 2. The molecule has 0 atom stereocenters. The molecule has 33 heavy (non-hydrogen) atoms. The molecule has 3 rings (SSSR count). The number of nitrogens with one attached hydrogen (secondary N) is 1. The van der Waals surface area contributed by atoms with E-state index in [4.69, 9.17) is 9.52 Å². The Balaban J connectivity index is 1.91. The van der Waals surface area contributed by atoms with Crippen LogP contribution in [0.4, 0.5) is 5.82 Å².